The predicted molar refractivity (Wildman–Crippen MR) is 123 cm³/mol. The lowest BCUT2D eigenvalue weighted by molar-refractivity contribution is -0.215. The standard InChI is InChI=1S/C26H47NO3/c1-6-8-10-12-13-15-17-21(16-14-11-9-7-2)22(28)27-26-18-25(19-26,20-26)23(29)30-24(3,4)5/h21H,6-20H2,1-5H3,(H,27,28). The van der Waals surface area contributed by atoms with Gasteiger partial charge in [-0.25, -0.2) is 0 Å². The molecule has 0 saturated heterocycles. The first-order valence-corrected chi connectivity index (χ1v) is 12.7. The third-order valence-corrected chi connectivity index (χ3v) is 6.93. The van der Waals surface area contributed by atoms with E-state index in [1.54, 1.807) is 0 Å². The fourth-order valence-corrected chi connectivity index (χ4v) is 5.28. The summed E-state index contributed by atoms with van der Waals surface area (Å²) >= 11 is 0. The van der Waals surface area contributed by atoms with Gasteiger partial charge in [0.05, 0.1) is 5.41 Å². The molecule has 1 amide bonds. The largest absolute Gasteiger partial charge is 0.460 e. The van der Waals surface area contributed by atoms with Crippen molar-refractivity contribution in [2.45, 2.75) is 142 Å². The van der Waals surface area contributed by atoms with E-state index in [9.17, 15) is 9.59 Å². The molecule has 0 heterocycles. The normalized spacial score (nSPS) is 25.8. The van der Waals surface area contributed by atoms with Crippen LogP contribution in [0.4, 0.5) is 0 Å². The van der Waals surface area contributed by atoms with Crippen molar-refractivity contribution in [2.24, 2.45) is 11.3 Å². The van der Waals surface area contributed by atoms with Crippen molar-refractivity contribution in [3.63, 3.8) is 0 Å². The average molecular weight is 422 g/mol. The van der Waals surface area contributed by atoms with Crippen molar-refractivity contribution in [1.29, 1.82) is 0 Å². The number of hydrogen-bond donors (Lipinski definition) is 1. The third-order valence-electron chi connectivity index (χ3n) is 6.93. The second-order valence-electron chi connectivity index (χ2n) is 11.2. The Bertz CT molecular complexity index is 543. The SMILES string of the molecule is CCCCCCCCC(CCCCCC)C(=O)NC12CC(C(=O)OC(C)(C)C)(C1)C2. The molecule has 30 heavy (non-hydrogen) atoms. The van der Waals surface area contributed by atoms with Crippen LogP contribution in [0, 0.1) is 11.3 Å². The van der Waals surface area contributed by atoms with E-state index in [0.29, 0.717) is 0 Å². The van der Waals surface area contributed by atoms with Gasteiger partial charge in [0.1, 0.15) is 5.60 Å². The molecule has 0 aliphatic heterocycles. The smallest absolute Gasteiger partial charge is 0.312 e. The summed E-state index contributed by atoms with van der Waals surface area (Å²) in [7, 11) is 0. The highest BCUT2D eigenvalue weighted by Crippen LogP contribution is 2.68. The van der Waals surface area contributed by atoms with Crippen LogP contribution in [0.2, 0.25) is 0 Å². The molecule has 0 aromatic carbocycles. The van der Waals surface area contributed by atoms with Crippen LogP contribution in [0.15, 0.2) is 0 Å². The molecule has 0 spiro atoms. The number of amides is 1. The molecule has 3 aliphatic carbocycles. The number of rotatable bonds is 15. The van der Waals surface area contributed by atoms with Crippen LogP contribution >= 0.6 is 0 Å². The summed E-state index contributed by atoms with van der Waals surface area (Å²) in [4.78, 5) is 25.6. The Balaban J connectivity index is 1.77. The Morgan fingerprint density at radius 3 is 1.80 bits per heavy atom. The zero-order valence-electron chi connectivity index (χ0n) is 20.4. The van der Waals surface area contributed by atoms with Gasteiger partial charge >= 0.3 is 5.97 Å². The van der Waals surface area contributed by atoms with Crippen LogP contribution in [0.1, 0.15) is 131 Å². The summed E-state index contributed by atoms with van der Waals surface area (Å²) < 4.78 is 5.60. The molecule has 3 aliphatic rings. The van der Waals surface area contributed by atoms with E-state index in [4.69, 9.17) is 4.74 Å². The van der Waals surface area contributed by atoms with Crippen molar-refractivity contribution in [1.82, 2.24) is 5.32 Å². The maximum Gasteiger partial charge on any atom is 0.312 e. The molecule has 4 heteroatoms. The maximum atomic E-state index is 13.1. The number of nitrogens with one attached hydrogen (secondary N) is 1. The van der Waals surface area contributed by atoms with E-state index >= 15 is 0 Å². The summed E-state index contributed by atoms with van der Waals surface area (Å²) in [5.41, 5.74) is -0.892. The Labute approximate surface area is 185 Å². The Morgan fingerprint density at radius 2 is 1.30 bits per heavy atom. The zero-order valence-corrected chi connectivity index (χ0v) is 20.4. The minimum absolute atomic E-state index is 0.0747. The third kappa shape index (κ3) is 6.99. The second kappa shape index (κ2) is 11.0. The van der Waals surface area contributed by atoms with Gasteiger partial charge in [-0.15, -0.1) is 0 Å². The molecule has 1 atom stereocenters. The van der Waals surface area contributed by atoms with E-state index in [1.165, 1.54) is 51.4 Å². The fraction of sp³-hybridized carbons (Fsp3) is 0.923. The van der Waals surface area contributed by atoms with Crippen LogP contribution < -0.4 is 5.32 Å². The minimum atomic E-state index is -0.441. The molecular formula is C26H47NO3. The quantitative estimate of drug-likeness (QED) is 0.236. The Hall–Kier alpha value is -1.06. The molecule has 0 aromatic heterocycles. The van der Waals surface area contributed by atoms with Gasteiger partial charge in [0.25, 0.3) is 0 Å². The highest BCUT2D eigenvalue weighted by Gasteiger charge is 2.73. The van der Waals surface area contributed by atoms with Crippen LogP contribution in [0.5, 0.6) is 0 Å². The van der Waals surface area contributed by atoms with Crippen molar-refractivity contribution < 1.29 is 14.3 Å². The van der Waals surface area contributed by atoms with E-state index in [2.05, 4.69) is 19.2 Å². The monoisotopic (exact) mass is 421 g/mol. The first kappa shape index (κ1) is 25.2. The van der Waals surface area contributed by atoms with Crippen molar-refractivity contribution >= 4 is 11.9 Å². The first-order chi connectivity index (χ1) is 14.2. The molecule has 2 bridgehead atoms. The molecular weight excluding hydrogens is 374 g/mol. The molecule has 174 valence electrons. The van der Waals surface area contributed by atoms with Crippen LogP contribution in [-0.2, 0) is 14.3 Å². The summed E-state index contributed by atoms with van der Waals surface area (Å²) in [6.07, 6.45) is 16.8. The van der Waals surface area contributed by atoms with Gasteiger partial charge in [0.2, 0.25) is 5.91 Å². The number of ether oxygens (including phenoxy) is 1. The number of hydrogen-bond acceptors (Lipinski definition) is 3. The lowest BCUT2D eigenvalue weighted by atomic mass is 9.39. The zero-order chi connectivity index (χ0) is 22.3. The van der Waals surface area contributed by atoms with Gasteiger partial charge in [-0.05, 0) is 52.9 Å². The number of esters is 1. The van der Waals surface area contributed by atoms with Crippen LogP contribution in [-0.4, -0.2) is 23.0 Å². The summed E-state index contributed by atoms with van der Waals surface area (Å²) in [6.45, 7) is 10.2. The molecule has 0 radical (unpaired) electrons. The number of unbranched alkanes of at least 4 members (excludes halogenated alkanes) is 8. The molecule has 0 aromatic rings. The van der Waals surface area contributed by atoms with Crippen LogP contribution in [0.25, 0.3) is 0 Å². The topological polar surface area (TPSA) is 55.4 Å². The van der Waals surface area contributed by atoms with Crippen molar-refractivity contribution in [3.8, 4) is 0 Å². The van der Waals surface area contributed by atoms with Gasteiger partial charge in [0.15, 0.2) is 0 Å². The summed E-state index contributed by atoms with van der Waals surface area (Å²) in [5, 5.41) is 3.36. The van der Waals surface area contributed by atoms with Gasteiger partial charge in [-0.1, -0.05) is 78.1 Å². The van der Waals surface area contributed by atoms with Crippen molar-refractivity contribution in [2.75, 3.05) is 0 Å². The molecule has 4 nitrogen and oxygen atoms in total. The lowest BCUT2D eigenvalue weighted by Crippen LogP contribution is -2.77. The highest BCUT2D eigenvalue weighted by molar-refractivity contribution is 5.85. The number of carbonyl (C=O) groups is 2. The summed E-state index contributed by atoms with van der Waals surface area (Å²) in [6, 6.07) is 0. The predicted octanol–water partition coefficient (Wildman–Crippen LogP) is 6.70. The second-order valence-corrected chi connectivity index (χ2v) is 11.2. The van der Waals surface area contributed by atoms with Gasteiger partial charge < -0.3 is 10.1 Å². The minimum Gasteiger partial charge on any atom is -0.460 e. The van der Waals surface area contributed by atoms with E-state index in [1.807, 2.05) is 20.8 Å². The first-order valence-electron chi connectivity index (χ1n) is 12.7. The van der Waals surface area contributed by atoms with Gasteiger partial charge in [-0.3, -0.25) is 9.59 Å². The van der Waals surface area contributed by atoms with Gasteiger partial charge in [0, 0.05) is 11.5 Å². The summed E-state index contributed by atoms with van der Waals surface area (Å²) in [5.74, 6) is 0.298. The fourth-order valence-electron chi connectivity index (χ4n) is 5.28. The maximum absolute atomic E-state index is 13.1. The lowest BCUT2D eigenvalue weighted by Gasteiger charge is -2.68. The van der Waals surface area contributed by atoms with Crippen molar-refractivity contribution in [3.05, 3.63) is 0 Å². The van der Waals surface area contributed by atoms with E-state index in [0.717, 1.165) is 44.9 Å². The molecule has 3 rings (SSSR count). The Morgan fingerprint density at radius 1 is 0.833 bits per heavy atom. The van der Waals surface area contributed by atoms with E-state index in [-0.39, 0.29) is 28.7 Å². The molecule has 3 fully saturated rings. The molecule has 1 N–H and O–H groups in total. The molecule has 1 unspecified atom stereocenters. The van der Waals surface area contributed by atoms with Crippen LogP contribution in [0.3, 0.4) is 0 Å². The Kier molecular flexibility index (Phi) is 9.24. The number of carbonyl (C=O) groups excluding carboxylic acids is 2. The highest BCUT2D eigenvalue weighted by atomic mass is 16.6. The molecule has 3 saturated carbocycles. The average Bonchev–Trinajstić information content (AvgIpc) is 2.59. The van der Waals surface area contributed by atoms with Gasteiger partial charge in [-0.2, -0.15) is 0 Å². The van der Waals surface area contributed by atoms with E-state index < -0.39 is 5.60 Å².